The van der Waals surface area contributed by atoms with E-state index in [1.807, 2.05) is 13.0 Å². The van der Waals surface area contributed by atoms with Crippen LogP contribution in [0.2, 0.25) is 0 Å². The highest BCUT2D eigenvalue weighted by molar-refractivity contribution is 5.10. The van der Waals surface area contributed by atoms with Gasteiger partial charge in [0.2, 0.25) is 0 Å². The van der Waals surface area contributed by atoms with Crippen LogP contribution in [-0.4, -0.2) is 12.2 Å². The zero-order valence-corrected chi connectivity index (χ0v) is 10.3. The van der Waals surface area contributed by atoms with Gasteiger partial charge < -0.3 is 9.73 Å². The molecule has 1 aliphatic rings. The van der Waals surface area contributed by atoms with Crippen molar-refractivity contribution in [1.82, 2.24) is 5.32 Å². The van der Waals surface area contributed by atoms with E-state index in [1.165, 1.54) is 0 Å². The lowest BCUT2D eigenvalue weighted by Crippen LogP contribution is -2.38. The van der Waals surface area contributed by atoms with E-state index >= 15 is 0 Å². The topological polar surface area (TPSA) is 25.2 Å². The van der Waals surface area contributed by atoms with Crippen molar-refractivity contribution in [3.8, 4) is 0 Å². The van der Waals surface area contributed by atoms with Gasteiger partial charge in [-0.1, -0.05) is 0 Å². The van der Waals surface area contributed by atoms with Gasteiger partial charge in [0.15, 0.2) is 0 Å². The molecule has 1 heterocycles. The van der Waals surface area contributed by atoms with E-state index in [-0.39, 0.29) is 24.9 Å². The summed E-state index contributed by atoms with van der Waals surface area (Å²) in [6, 6.07) is 2.17. The van der Waals surface area contributed by atoms with Crippen LogP contribution in [0, 0.1) is 5.92 Å². The molecular formula is C13H18F3NO. The van der Waals surface area contributed by atoms with Crippen LogP contribution in [0.1, 0.15) is 44.2 Å². The van der Waals surface area contributed by atoms with Crippen LogP contribution in [0.15, 0.2) is 23.0 Å². The Bertz CT molecular complexity index is 353. The first kappa shape index (κ1) is 13.5. The number of nitrogens with one attached hydrogen (secondary N) is 1. The Kier molecular flexibility index (Phi) is 4.00. The molecule has 18 heavy (non-hydrogen) atoms. The molecule has 1 N–H and O–H groups in total. The lowest BCUT2D eigenvalue weighted by molar-refractivity contribution is -0.182. The molecule has 1 unspecified atom stereocenters. The Morgan fingerprint density at radius 3 is 2.44 bits per heavy atom. The molecule has 1 fully saturated rings. The lowest BCUT2D eigenvalue weighted by Gasteiger charge is -2.32. The van der Waals surface area contributed by atoms with Gasteiger partial charge in [-0.3, -0.25) is 0 Å². The Labute approximate surface area is 105 Å². The van der Waals surface area contributed by atoms with Crippen LogP contribution in [0.4, 0.5) is 13.2 Å². The molecular weight excluding hydrogens is 243 g/mol. The fourth-order valence-corrected chi connectivity index (χ4v) is 2.56. The van der Waals surface area contributed by atoms with Crippen molar-refractivity contribution in [2.75, 3.05) is 0 Å². The third kappa shape index (κ3) is 3.28. The first-order chi connectivity index (χ1) is 8.47. The minimum Gasteiger partial charge on any atom is -0.472 e. The van der Waals surface area contributed by atoms with Crippen LogP contribution in [0.3, 0.4) is 0 Å². The number of hydrogen-bond acceptors (Lipinski definition) is 2. The lowest BCUT2D eigenvalue weighted by atomic mass is 9.85. The van der Waals surface area contributed by atoms with Gasteiger partial charge in [-0.15, -0.1) is 0 Å². The minimum atomic E-state index is -4.03. The van der Waals surface area contributed by atoms with Crippen molar-refractivity contribution in [1.29, 1.82) is 0 Å². The molecule has 102 valence electrons. The minimum absolute atomic E-state index is 0.121. The fraction of sp³-hybridized carbons (Fsp3) is 0.692. The summed E-state index contributed by atoms with van der Waals surface area (Å²) in [4.78, 5) is 0. The average molecular weight is 261 g/mol. The fourth-order valence-electron chi connectivity index (χ4n) is 2.56. The molecule has 2 nitrogen and oxygen atoms in total. The Hall–Kier alpha value is -0.970. The molecule has 0 amide bonds. The molecule has 1 atom stereocenters. The summed E-state index contributed by atoms with van der Waals surface area (Å²) in [7, 11) is 0. The van der Waals surface area contributed by atoms with Crippen LogP contribution < -0.4 is 5.32 Å². The number of halogens is 3. The first-order valence-corrected chi connectivity index (χ1v) is 6.31. The van der Waals surface area contributed by atoms with E-state index in [0.717, 1.165) is 5.56 Å². The predicted octanol–water partition coefficient (Wildman–Crippen LogP) is 4.05. The molecule has 0 spiro atoms. The van der Waals surface area contributed by atoms with Gasteiger partial charge in [0.25, 0.3) is 0 Å². The quantitative estimate of drug-likeness (QED) is 0.888. The van der Waals surface area contributed by atoms with Crippen LogP contribution >= 0.6 is 0 Å². The smallest absolute Gasteiger partial charge is 0.391 e. The summed E-state index contributed by atoms with van der Waals surface area (Å²) in [5, 5.41) is 3.37. The van der Waals surface area contributed by atoms with Crippen molar-refractivity contribution in [2.45, 2.75) is 50.9 Å². The number of furan rings is 1. The molecule has 0 aliphatic heterocycles. The van der Waals surface area contributed by atoms with Gasteiger partial charge in [0.1, 0.15) is 0 Å². The molecule has 1 aliphatic carbocycles. The SMILES string of the molecule is CC(NC1CCC(C(F)(F)F)CC1)c1ccoc1. The normalized spacial score (nSPS) is 27.1. The van der Waals surface area contributed by atoms with E-state index in [1.54, 1.807) is 12.5 Å². The maximum absolute atomic E-state index is 12.5. The van der Waals surface area contributed by atoms with Crippen molar-refractivity contribution in [3.63, 3.8) is 0 Å². The summed E-state index contributed by atoms with van der Waals surface area (Å²) in [6.07, 6.45) is 0.894. The van der Waals surface area contributed by atoms with Gasteiger partial charge in [-0.25, -0.2) is 0 Å². The van der Waals surface area contributed by atoms with Crippen molar-refractivity contribution < 1.29 is 17.6 Å². The van der Waals surface area contributed by atoms with E-state index < -0.39 is 12.1 Å². The highest BCUT2D eigenvalue weighted by Gasteiger charge is 2.41. The maximum Gasteiger partial charge on any atom is 0.391 e. The van der Waals surface area contributed by atoms with Gasteiger partial charge >= 0.3 is 6.18 Å². The van der Waals surface area contributed by atoms with Crippen LogP contribution in [0.5, 0.6) is 0 Å². The molecule has 0 bridgehead atoms. The largest absolute Gasteiger partial charge is 0.472 e. The number of rotatable bonds is 3. The zero-order chi connectivity index (χ0) is 13.2. The van der Waals surface area contributed by atoms with Gasteiger partial charge in [-0.2, -0.15) is 13.2 Å². The Balaban J connectivity index is 1.80. The molecule has 2 rings (SSSR count). The van der Waals surface area contributed by atoms with Gasteiger partial charge in [-0.05, 0) is 38.7 Å². The van der Waals surface area contributed by atoms with E-state index in [9.17, 15) is 13.2 Å². The highest BCUT2D eigenvalue weighted by Crippen LogP contribution is 2.37. The summed E-state index contributed by atoms with van der Waals surface area (Å²) in [5.74, 6) is -1.11. The molecule has 5 heteroatoms. The van der Waals surface area contributed by atoms with E-state index in [4.69, 9.17) is 4.42 Å². The summed E-state index contributed by atoms with van der Waals surface area (Å²) < 4.78 is 42.6. The zero-order valence-electron chi connectivity index (χ0n) is 10.3. The Morgan fingerprint density at radius 1 is 1.28 bits per heavy atom. The molecule has 0 aromatic carbocycles. The highest BCUT2D eigenvalue weighted by atomic mass is 19.4. The third-order valence-corrected chi connectivity index (χ3v) is 3.72. The van der Waals surface area contributed by atoms with Crippen LogP contribution in [0.25, 0.3) is 0 Å². The summed E-state index contributed by atoms with van der Waals surface area (Å²) in [6.45, 7) is 2.00. The van der Waals surface area contributed by atoms with Crippen molar-refractivity contribution >= 4 is 0 Å². The number of alkyl halides is 3. The van der Waals surface area contributed by atoms with Gasteiger partial charge in [0.05, 0.1) is 18.4 Å². The second kappa shape index (κ2) is 5.34. The standard InChI is InChI=1S/C13H18F3NO/c1-9(10-6-7-18-8-10)17-12-4-2-11(3-5-12)13(14,15)16/h6-9,11-12,17H,2-5H2,1H3. The van der Waals surface area contributed by atoms with E-state index in [2.05, 4.69) is 5.32 Å². The Morgan fingerprint density at radius 2 is 1.94 bits per heavy atom. The maximum atomic E-state index is 12.5. The summed E-state index contributed by atoms with van der Waals surface area (Å²) >= 11 is 0. The second-order valence-electron chi connectivity index (χ2n) is 5.04. The molecule has 1 aromatic rings. The molecule has 0 saturated heterocycles. The number of hydrogen-bond donors (Lipinski definition) is 1. The molecule has 1 aromatic heterocycles. The summed E-state index contributed by atoms with van der Waals surface area (Å²) in [5.41, 5.74) is 1.04. The molecule has 0 radical (unpaired) electrons. The van der Waals surface area contributed by atoms with Gasteiger partial charge in [0, 0.05) is 17.6 Å². The first-order valence-electron chi connectivity index (χ1n) is 6.31. The van der Waals surface area contributed by atoms with E-state index in [0.29, 0.717) is 12.8 Å². The predicted molar refractivity (Wildman–Crippen MR) is 62.1 cm³/mol. The molecule has 1 saturated carbocycles. The van der Waals surface area contributed by atoms with Crippen LogP contribution in [-0.2, 0) is 0 Å². The average Bonchev–Trinajstić information content (AvgIpc) is 2.82. The van der Waals surface area contributed by atoms with Crippen molar-refractivity contribution in [3.05, 3.63) is 24.2 Å². The monoisotopic (exact) mass is 261 g/mol. The second-order valence-corrected chi connectivity index (χ2v) is 5.04. The van der Waals surface area contributed by atoms with Crippen molar-refractivity contribution in [2.24, 2.45) is 5.92 Å². The third-order valence-electron chi connectivity index (χ3n) is 3.72.